The van der Waals surface area contributed by atoms with Crippen LogP contribution in [0.5, 0.6) is 0 Å². The number of benzene rings is 1. The summed E-state index contributed by atoms with van der Waals surface area (Å²) < 4.78 is 0. The van der Waals surface area contributed by atoms with Crippen LogP contribution in [0.1, 0.15) is 39.2 Å². The molecule has 5 heteroatoms. The number of nitrogens with zero attached hydrogens (tertiary/aromatic N) is 2. The molecule has 122 valence electrons. The van der Waals surface area contributed by atoms with Crippen LogP contribution in [0.2, 0.25) is 0 Å². The molecular weight excluding hydrogens is 300 g/mol. The van der Waals surface area contributed by atoms with E-state index < -0.39 is 5.38 Å². The molecule has 22 heavy (non-hydrogen) atoms. The van der Waals surface area contributed by atoms with E-state index in [1.54, 1.807) is 11.1 Å². The molecular formula is C17H25ClN2O2. The topological polar surface area (TPSA) is 41.9 Å². The maximum Gasteiger partial charge on any atom is 0.245 e. The third-order valence-corrected chi connectivity index (χ3v) is 3.76. The van der Waals surface area contributed by atoms with E-state index in [0.29, 0.717) is 19.6 Å². The molecule has 0 aliphatic rings. The Bertz CT molecular complexity index is 491. The number of anilines is 1. The third kappa shape index (κ3) is 5.34. The zero-order valence-corrected chi connectivity index (χ0v) is 14.3. The van der Waals surface area contributed by atoms with Gasteiger partial charge in [-0.05, 0) is 30.9 Å². The average Bonchev–Trinajstić information content (AvgIpc) is 2.57. The minimum atomic E-state index is -0.533. The normalized spacial score (nSPS) is 12.4. The molecule has 0 aromatic heterocycles. The average molecular weight is 325 g/mol. The molecule has 0 radical (unpaired) electrons. The van der Waals surface area contributed by atoms with Crippen molar-refractivity contribution in [3.05, 3.63) is 29.8 Å². The van der Waals surface area contributed by atoms with Gasteiger partial charge in [-0.1, -0.05) is 44.1 Å². The van der Waals surface area contributed by atoms with Gasteiger partial charge in [0.25, 0.3) is 0 Å². The van der Waals surface area contributed by atoms with Crippen molar-refractivity contribution < 1.29 is 9.63 Å². The highest BCUT2D eigenvalue weighted by Gasteiger charge is 2.23. The number of aryl methyl sites for hydroxylation is 1. The Kier molecular flexibility index (Phi) is 8.60. The first-order valence-electron chi connectivity index (χ1n) is 7.82. The van der Waals surface area contributed by atoms with E-state index in [4.69, 9.17) is 16.4 Å². The summed E-state index contributed by atoms with van der Waals surface area (Å²) in [6.45, 7) is 6.91. The van der Waals surface area contributed by atoms with E-state index in [1.807, 2.05) is 38.1 Å². The zero-order chi connectivity index (χ0) is 16.4. The highest BCUT2D eigenvalue weighted by Crippen LogP contribution is 2.22. The number of para-hydroxylation sites is 1. The zero-order valence-electron chi connectivity index (χ0n) is 13.6. The van der Waals surface area contributed by atoms with Crippen molar-refractivity contribution in [2.24, 2.45) is 5.16 Å². The smallest absolute Gasteiger partial charge is 0.245 e. The number of hydrogen-bond acceptors (Lipinski definition) is 3. The van der Waals surface area contributed by atoms with Crippen LogP contribution in [-0.4, -0.2) is 30.7 Å². The van der Waals surface area contributed by atoms with Crippen LogP contribution in [0.3, 0.4) is 0 Å². The Balaban J connectivity index is 2.95. The molecule has 1 aromatic carbocycles. The molecule has 1 aromatic rings. The number of rotatable bonds is 9. The number of carbonyl (C=O) groups is 1. The Labute approximate surface area is 138 Å². The van der Waals surface area contributed by atoms with Crippen molar-refractivity contribution in [3.63, 3.8) is 0 Å². The van der Waals surface area contributed by atoms with E-state index in [-0.39, 0.29) is 5.91 Å². The lowest BCUT2D eigenvalue weighted by Crippen LogP contribution is -2.38. The van der Waals surface area contributed by atoms with Gasteiger partial charge in [-0.25, -0.2) is 0 Å². The predicted molar refractivity (Wildman–Crippen MR) is 92.8 cm³/mol. The molecule has 0 bridgehead atoms. The van der Waals surface area contributed by atoms with E-state index in [0.717, 1.165) is 24.1 Å². The molecule has 0 N–H and O–H groups in total. The first kappa shape index (κ1) is 18.5. The Morgan fingerprint density at radius 2 is 2.09 bits per heavy atom. The largest absolute Gasteiger partial charge is 0.396 e. The minimum absolute atomic E-state index is 0.105. The highest BCUT2D eigenvalue weighted by atomic mass is 35.5. The van der Waals surface area contributed by atoms with Gasteiger partial charge in [-0.3, -0.25) is 4.79 Å². The van der Waals surface area contributed by atoms with Gasteiger partial charge in [0.05, 0.1) is 12.8 Å². The summed E-state index contributed by atoms with van der Waals surface area (Å²) in [4.78, 5) is 19.3. The van der Waals surface area contributed by atoms with Crippen LogP contribution in [0, 0.1) is 0 Å². The molecule has 0 fully saturated rings. The Morgan fingerprint density at radius 1 is 1.36 bits per heavy atom. The second-order valence-corrected chi connectivity index (χ2v) is 5.45. The van der Waals surface area contributed by atoms with Gasteiger partial charge in [0.15, 0.2) is 0 Å². The van der Waals surface area contributed by atoms with E-state index in [1.165, 1.54) is 0 Å². The van der Waals surface area contributed by atoms with Gasteiger partial charge in [0.2, 0.25) is 5.91 Å². The van der Waals surface area contributed by atoms with Crippen LogP contribution < -0.4 is 4.90 Å². The molecule has 0 saturated heterocycles. The molecule has 0 heterocycles. The number of carbonyl (C=O) groups excluding carboxylic acids is 1. The lowest BCUT2D eigenvalue weighted by Gasteiger charge is -2.25. The fourth-order valence-corrected chi connectivity index (χ4v) is 2.15. The van der Waals surface area contributed by atoms with Gasteiger partial charge < -0.3 is 9.74 Å². The van der Waals surface area contributed by atoms with E-state index in [2.05, 4.69) is 12.1 Å². The molecule has 1 rings (SSSR count). The minimum Gasteiger partial charge on any atom is -0.396 e. The maximum absolute atomic E-state index is 12.6. The number of amides is 1. The molecule has 1 atom stereocenters. The highest BCUT2D eigenvalue weighted by molar-refractivity contribution is 6.33. The van der Waals surface area contributed by atoms with Gasteiger partial charge >= 0.3 is 0 Å². The van der Waals surface area contributed by atoms with Gasteiger partial charge in [0, 0.05) is 5.69 Å². The van der Waals surface area contributed by atoms with Crippen LogP contribution in [0.25, 0.3) is 0 Å². The molecule has 1 unspecified atom stereocenters. The summed E-state index contributed by atoms with van der Waals surface area (Å²) in [6.07, 6.45) is 3.95. The lowest BCUT2D eigenvalue weighted by molar-refractivity contribution is -0.118. The van der Waals surface area contributed by atoms with Crippen LogP contribution in [-0.2, 0) is 16.1 Å². The van der Waals surface area contributed by atoms with Crippen molar-refractivity contribution in [1.29, 1.82) is 0 Å². The number of oxime groups is 1. The molecule has 0 spiro atoms. The SMILES string of the molecule is CCCON=CCN(C(=O)C(Cl)CC)c1ccccc1CC. The number of halogens is 1. The van der Waals surface area contributed by atoms with Crippen molar-refractivity contribution >= 4 is 29.4 Å². The second kappa shape index (κ2) is 10.2. The Morgan fingerprint density at radius 3 is 2.73 bits per heavy atom. The summed E-state index contributed by atoms with van der Waals surface area (Å²) in [5.74, 6) is -0.105. The summed E-state index contributed by atoms with van der Waals surface area (Å²) in [6, 6.07) is 7.86. The third-order valence-electron chi connectivity index (χ3n) is 3.26. The van der Waals surface area contributed by atoms with Crippen LogP contribution in [0.4, 0.5) is 5.69 Å². The van der Waals surface area contributed by atoms with Gasteiger partial charge in [0.1, 0.15) is 12.0 Å². The molecule has 1 amide bonds. The standard InChI is InChI=1S/C17H25ClN2O2/c1-4-13-22-19-11-12-20(17(21)15(18)6-3)16-10-8-7-9-14(16)5-2/h7-11,15H,4-6,12-13H2,1-3H3. The van der Waals surface area contributed by atoms with Crippen molar-refractivity contribution in [1.82, 2.24) is 0 Å². The number of alkyl halides is 1. The van der Waals surface area contributed by atoms with Crippen LogP contribution in [0.15, 0.2) is 29.4 Å². The summed E-state index contributed by atoms with van der Waals surface area (Å²) in [5, 5.41) is 3.35. The quantitative estimate of drug-likeness (QED) is 0.298. The lowest BCUT2D eigenvalue weighted by atomic mass is 10.1. The summed E-state index contributed by atoms with van der Waals surface area (Å²) in [7, 11) is 0. The maximum atomic E-state index is 12.6. The molecule has 0 saturated carbocycles. The van der Waals surface area contributed by atoms with Crippen LogP contribution >= 0.6 is 11.6 Å². The number of hydrogen-bond donors (Lipinski definition) is 0. The van der Waals surface area contributed by atoms with Crippen molar-refractivity contribution in [2.45, 2.75) is 45.4 Å². The van der Waals surface area contributed by atoms with E-state index in [9.17, 15) is 4.79 Å². The molecule has 0 aliphatic carbocycles. The predicted octanol–water partition coefficient (Wildman–Crippen LogP) is 4.01. The Hall–Kier alpha value is -1.55. The second-order valence-electron chi connectivity index (χ2n) is 4.93. The summed E-state index contributed by atoms with van der Waals surface area (Å²) >= 11 is 6.15. The molecule has 0 aliphatic heterocycles. The first-order chi connectivity index (χ1) is 10.7. The van der Waals surface area contributed by atoms with Gasteiger partial charge in [-0.15, -0.1) is 11.6 Å². The first-order valence-corrected chi connectivity index (χ1v) is 8.26. The monoisotopic (exact) mass is 324 g/mol. The summed E-state index contributed by atoms with van der Waals surface area (Å²) in [5.41, 5.74) is 2.00. The van der Waals surface area contributed by atoms with Gasteiger partial charge in [-0.2, -0.15) is 0 Å². The fourth-order valence-electron chi connectivity index (χ4n) is 2.04. The fraction of sp³-hybridized carbons (Fsp3) is 0.529. The van der Waals surface area contributed by atoms with E-state index >= 15 is 0 Å². The van der Waals surface area contributed by atoms with Crippen molar-refractivity contribution in [3.8, 4) is 0 Å². The van der Waals surface area contributed by atoms with Crippen molar-refractivity contribution in [2.75, 3.05) is 18.1 Å². The molecule has 4 nitrogen and oxygen atoms in total.